The molecule has 0 bridgehead atoms. The quantitative estimate of drug-likeness (QED) is 0.899. The van der Waals surface area contributed by atoms with Gasteiger partial charge in [-0.1, -0.05) is 35.3 Å². The number of halogens is 2. The summed E-state index contributed by atoms with van der Waals surface area (Å²) in [7, 11) is 0. The van der Waals surface area contributed by atoms with Crippen molar-refractivity contribution in [3.8, 4) is 5.75 Å². The number of carboxylic acids is 1. The third-order valence-corrected chi connectivity index (χ3v) is 3.42. The molecule has 2 rings (SSSR count). The number of carboxylic acid groups (broad SMARTS) is 1. The van der Waals surface area contributed by atoms with E-state index in [2.05, 4.69) is 0 Å². The molecule has 0 heterocycles. The van der Waals surface area contributed by atoms with E-state index in [0.29, 0.717) is 15.8 Å². The molecule has 2 aromatic rings. The van der Waals surface area contributed by atoms with Crippen LogP contribution in [0.3, 0.4) is 0 Å². The molecule has 0 aromatic heterocycles. The van der Waals surface area contributed by atoms with Gasteiger partial charge >= 0.3 is 5.97 Å². The molecule has 20 heavy (non-hydrogen) atoms. The summed E-state index contributed by atoms with van der Waals surface area (Å²) < 4.78 is 5.67. The largest absolute Gasteiger partial charge is 0.489 e. The van der Waals surface area contributed by atoms with Gasteiger partial charge in [0.2, 0.25) is 0 Å². The molecule has 0 aliphatic rings. The summed E-state index contributed by atoms with van der Waals surface area (Å²) in [5, 5.41) is 9.83. The number of aromatic carboxylic acids is 1. The Labute approximate surface area is 126 Å². The molecule has 0 atom stereocenters. The zero-order valence-corrected chi connectivity index (χ0v) is 12.2. The number of hydrogen-bond donors (Lipinski definition) is 1. The van der Waals surface area contributed by atoms with E-state index in [9.17, 15) is 4.79 Å². The van der Waals surface area contributed by atoms with E-state index >= 15 is 0 Å². The van der Waals surface area contributed by atoms with Crippen molar-refractivity contribution in [1.29, 1.82) is 0 Å². The molecule has 0 unspecified atom stereocenters. The summed E-state index contributed by atoms with van der Waals surface area (Å²) in [5.41, 5.74) is 1.83. The molecule has 3 nitrogen and oxygen atoms in total. The zero-order chi connectivity index (χ0) is 14.7. The van der Waals surface area contributed by atoms with E-state index in [-0.39, 0.29) is 12.2 Å². The van der Waals surface area contributed by atoms with Crippen molar-refractivity contribution in [1.82, 2.24) is 0 Å². The number of hydrogen-bond acceptors (Lipinski definition) is 2. The Hall–Kier alpha value is -1.71. The van der Waals surface area contributed by atoms with Gasteiger partial charge in [-0.25, -0.2) is 4.79 Å². The van der Waals surface area contributed by atoms with Crippen LogP contribution in [0, 0.1) is 6.92 Å². The number of aryl methyl sites for hydroxylation is 1. The number of benzene rings is 2. The first kappa shape index (κ1) is 14.7. The lowest BCUT2D eigenvalue weighted by molar-refractivity contribution is 0.0697. The summed E-state index contributed by atoms with van der Waals surface area (Å²) in [6, 6.07) is 9.94. The lowest BCUT2D eigenvalue weighted by Gasteiger charge is -2.11. The Balaban J connectivity index is 2.15. The van der Waals surface area contributed by atoms with Crippen molar-refractivity contribution >= 4 is 29.2 Å². The minimum Gasteiger partial charge on any atom is -0.489 e. The average Bonchev–Trinajstić information content (AvgIpc) is 2.40. The lowest BCUT2D eigenvalue weighted by Crippen LogP contribution is -2.01. The van der Waals surface area contributed by atoms with Gasteiger partial charge in [0.25, 0.3) is 0 Å². The minimum atomic E-state index is -1.01. The first-order valence-corrected chi connectivity index (χ1v) is 6.63. The van der Waals surface area contributed by atoms with Crippen LogP contribution < -0.4 is 4.74 Å². The van der Waals surface area contributed by atoms with Crippen LogP contribution in [0.4, 0.5) is 0 Å². The Morgan fingerprint density at radius 2 is 1.95 bits per heavy atom. The van der Waals surface area contributed by atoms with E-state index in [1.807, 2.05) is 13.0 Å². The zero-order valence-electron chi connectivity index (χ0n) is 10.7. The number of carbonyl (C=O) groups is 1. The van der Waals surface area contributed by atoms with Gasteiger partial charge in [0.05, 0.1) is 5.56 Å². The minimum absolute atomic E-state index is 0.151. The second kappa shape index (κ2) is 6.16. The lowest BCUT2D eigenvalue weighted by atomic mass is 10.1. The highest BCUT2D eigenvalue weighted by Crippen LogP contribution is 2.25. The molecule has 5 heteroatoms. The van der Waals surface area contributed by atoms with E-state index in [1.54, 1.807) is 18.2 Å². The second-order valence-electron chi connectivity index (χ2n) is 4.31. The van der Waals surface area contributed by atoms with Crippen LogP contribution in [0.5, 0.6) is 5.75 Å². The van der Waals surface area contributed by atoms with Gasteiger partial charge in [-0.3, -0.25) is 0 Å². The molecule has 0 aliphatic carbocycles. The predicted molar refractivity (Wildman–Crippen MR) is 78.9 cm³/mol. The normalized spacial score (nSPS) is 10.3. The van der Waals surface area contributed by atoms with Crippen LogP contribution in [-0.4, -0.2) is 11.1 Å². The highest BCUT2D eigenvalue weighted by atomic mass is 35.5. The maximum atomic E-state index is 10.8. The fourth-order valence-electron chi connectivity index (χ4n) is 1.68. The van der Waals surface area contributed by atoms with Gasteiger partial charge in [-0.15, -0.1) is 0 Å². The fourth-order valence-corrected chi connectivity index (χ4v) is 2.08. The van der Waals surface area contributed by atoms with Crippen LogP contribution in [0.2, 0.25) is 10.0 Å². The number of rotatable bonds is 4. The molecular weight excluding hydrogens is 299 g/mol. The first-order chi connectivity index (χ1) is 9.47. The Morgan fingerprint density at radius 1 is 1.20 bits per heavy atom. The molecule has 0 spiro atoms. The molecule has 0 aliphatic heterocycles. The monoisotopic (exact) mass is 310 g/mol. The van der Waals surface area contributed by atoms with Crippen LogP contribution in [0.15, 0.2) is 36.4 Å². The SMILES string of the molecule is Cc1ccc(Cl)cc1OCc1ccc(C(=O)O)cc1Cl. The smallest absolute Gasteiger partial charge is 0.335 e. The predicted octanol–water partition coefficient (Wildman–Crippen LogP) is 4.58. The van der Waals surface area contributed by atoms with Crippen molar-refractivity contribution in [2.45, 2.75) is 13.5 Å². The van der Waals surface area contributed by atoms with Gasteiger partial charge < -0.3 is 9.84 Å². The van der Waals surface area contributed by atoms with Gasteiger partial charge in [0, 0.05) is 15.6 Å². The molecule has 104 valence electrons. The van der Waals surface area contributed by atoms with Crippen LogP contribution >= 0.6 is 23.2 Å². The average molecular weight is 311 g/mol. The Kier molecular flexibility index (Phi) is 4.53. The molecule has 0 fully saturated rings. The number of ether oxygens (including phenoxy) is 1. The van der Waals surface area contributed by atoms with Gasteiger partial charge in [0.15, 0.2) is 0 Å². The third-order valence-electron chi connectivity index (χ3n) is 2.83. The molecular formula is C15H12Cl2O3. The molecule has 1 N–H and O–H groups in total. The Morgan fingerprint density at radius 3 is 2.60 bits per heavy atom. The van der Waals surface area contributed by atoms with E-state index in [4.69, 9.17) is 33.0 Å². The van der Waals surface area contributed by atoms with Crippen molar-refractivity contribution in [3.05, 3.63) is 63.1 Å². The summed E-state index contributed by atoms with van der Waals surface area (Å²) in [6.07, 6.45) is 0. The van der Waals surface area contributed by atoms with E-state index in [0.717, 1.165) is 11.1 Å². The maximum Gasteiger partial charge on any atom is 0.335 e. The highest BCUT2D eigenvalue weighted by Gasteiger charge is 2.08. The fraction of sp³-hybridized carbons (Fsp3) is 0.133. The summed E-state index contributed by atoms with van der Waals surface area (Å²) >= 11 is 12.0. The standard InChI is InChI=1S/C15H12Cl2O3/c1-9-2-5-12(16)7-14(9)20-8-11-4-3-10(15(18)19)6-13(11)17/h2-7H,8H2,1H3,(H,18,19). The third kappa shape index (κ3) is 3.44. The van der Waals surface area contributed by atoms with Crippen molar-refractivity contribution in [2.75, 3.05) is 0 Å². The second-order valence-corrected chi connectivity index (χ2v) is 5.15. The van der Waals surface area contributed by atoms with Gasteiger partial charge in [-0.2, -0.15) is 0 Å². The summed E-state index contributed by atoms with van der Waals surface area (Å²) in [6.45, 7) is 2.17. The molecule has 2 aromatic carbocycles. The maximum absolute atomic E-state index is 10.8. The van der Waals surface area contributed by atoms with Crippen LogP contribution in [0.1, 0.15) is 21.5 Å². The van der Waals surface area contributed by atoms with Gasteiger partial charge in [-0.05, 0) is 36.8 Å². The molecule has 0 saturated carbocycles. The molecule has 0 radical (unpaired) electrons. The topological polar surface area (TPSA) is 46.5 Å². The van der Waals surface area contributed by atoms with Crippen LogP contribution in [0.25, 0.3) is 0 Å². The van der Waals surface area contributed by atoms with E-state index in [1.165, 1.54) is 12.1 Å². The summed E-state index contributed by atoms with van der Waals surface area (Å²) in [5.74, 6) is -0.332. The first-order valence-electron chi connectivity index (χ1n) is 5.88. The summed E-state index contributed by atoms with van der Waals surface area (Å²) in [4.78, 5) is 10.8. The van der Waals surface area contributed by atoms with Gasteiger partial charge in [0.1, 0.15) is 12.4 Å². The van der Waals surface area contributed by atoms with Crippen molar-refractivity contribution in [2.24, 2.45) is 0 Å². The van der Waals surface area contributed by atoms with Crippen molar-refractivity contribution in [3.63, 3.8) is 0 Å². The van der Waals surface area contributed by atoms with E-state index < -0.39 is 5.97 Å². The van der Waals surface area contributed by atoms with Crippen LogP contribution in [-0.2, 0) is 6.61 Å². The Bertz CT molecular complexity index is 654. The molecule has 0 saturated heterocycles. The molecule has 0 amide bonds. The highest BCUT2D eigenvalue weighted by molar-refractivity contribution is 6.31. The van der Waals surface area contributed by atoms with Crippen molar-refractivity contribution < 1.29 is 14.6 Å².